The van der Waals surface area contributed by atoms with Gasteiger partial charge in [0.25, 0.3) is 5.56 Å². The fourth-order valence-electron chi connectivity index (χ4n) is 3.88. The van der Waals surface area contributed by atoms with Crippen molar-refractivity contribution in [1.82, 2.24) is 14.5 Å². The molecule has 2 heterocycles. The Kier molecular flexibility index (Phi) is 5.37. The van der Waals surface area contributed by atoms with Gasteiger partial charge in [-0.25, -0.2) is 4.98 Å². The average Bonchev–Trinajstić information content (AvgIpc) is 2.60. The molecule has 26 heavy (non-hydrogen) atoms. The summed E-state index contributed by atoms with van der Waals surface area (Å²) >= 11 is 0. The summed E-state index contributed by atoms with van der Waals surface area (Å²) in [7, 11) is 0. The molecule has 3 rings (SSSR count). The van der Waals surface area contributed by atoms with Gasteiger partial charge in [-0.1, -0.05) is 12.5 Å². The van der Waals surface area contributed by atoms with E-state index in [-0.39, 0.29) is 10.9 Å². The van der Waals surface area contributed by atoms with E-state index < -0.39 is 17.3 Å². The number of para-hydroxylation sites is 1. The third-order valence-electron chi connectivity index (χ3n) is 5.20. The van der Waals surface area contributed by atoms with Gasteiger partial charge in [-0.05, 0) is 51.8 Å². The molecule has 0 radical (unpaired) electrons. The van der Waals surface area contributed by atoms with Crippen molar-refractivity contribution in [3.63, 3.8) is 0 Å². The molecule has 4 nitrogen and oxygen atoms in total. The lowest BCUT2D eigenvalue weighted by Crippen LogP contribution is -2.44. The lowest BCUT2D eigenvalue weighted by Gasteiger charge is -2.38. The molecule has 1 aliphatic rings. The molecule has 1 unspecified atom stereocenters. The van der Waals surface area contributed by atoms with Crippen molar-refractivity contribution in [2.24, 2.45) is 0 Å². The van der Waals surface area contributed by atoms with E-state index >= 15 is 0 Å². The normalized spacial score (nSPS) is 19.4. The Balaban J connectivity index is 1.85. The highest BCUT2D eigenvalue weighted by Gasteiger charge is 2.33. The number of aryl methyl sites for hydroxylation is 1. The first kappa shape index (κ1) is 18.9. The summed E-state index contributed by atoms with van der Waals surface area (Å²) in [5.41, 5.74) is -1.55. The van der Waals surface area contributed by atoms with Crippen molar-refractivity contribution in [2.75, 3.05) is 6.54 Å². The van der Waals surface area contributed by atoms with Crippen molar-refractivity contribution >= 4 is 10.9 Å². The topological polar surface area (TPSA) is 38.1 Å². The van der Waals surface area contributed by atoms with Crippen LogP contribution in [-0.2, 0) is 12.7 Å². The standard InChI is InChI=1S/C19H24F3N3O/c1-13(2)25-10-4-3-6-14(25)9-11-24-12-23-17-15(18(24)26)7-5-8-16(17)19(20,21)22/h5,7-8,12-14H,3-4,6,9-11H2,1-2H3. The smallest absolute Gasteiger partial charge is 0.299 e. The summed E-state index contributed by atoms with van der Waals surface area (Å²) in [6, 6.07) is 4.48. The summed E-state index contributed by atoms with van der Waals surface area (Å²) in [5, 5.41) is 0.0201. The Bertz CT molecular complexity index is 829. The Morgan fingerprint density at radius 2 is 2.04 bits per heavy atom. The number of nitrogens with zero attached hydrogens (tertiary/aromatic N) is 3. The second-order valence-corrected chi connectivity index (χ2v) is 7.21. The molecular weight excluding hydrogens is 343 g/mol. The van der Waals surface area contributed by atoms with Crippen LogP contribution in [0.3, 0.4) is 0 Å². The molecule has 0 N–H and O–H groups in total. The predicted molar refractivity (Wildman–Crippen MR) is 95.1 cm³/mol. The van der Waals surface area contributed by atoms with Crippen LogP contribution in [-0.4, -0.2) is 33.1 Å². The molecule has 0 saturated carbocycles. The van der Waals surface area contributed by atoms with Crippen LogP contribution in [0.2, 0.25) is 0 Å². The second-order valence-electron chi connectivity index (χ2n) is 7.21. The summed E-state index contributed by atoms with van der Waals surface area (Å²) in [5.74, 6) is 0. The maximum Gasteiger partial charge on any atom is 0.418 e. The summed E-state index contributed by atoms with van der Waals surface area (Å²) in [6.45, 7) is 5.86. The van der Waals surface area contributed by atoms with E-state index in [0.717, 1.165) is 25.5 Å². The minimum absolute atomic E-state index is 0.0201. The summed E-state index contributed by atoms with van der Waals surface area (Å²) in [4.78, 5) is 19.0. The maximum absolute atomic E-state index is 13.1. The van der Waals surface area contributed by atoms with Gasteiger partial charge in [-0.15, -0.1) is 0 Å². The number of hydrogen-bond donors (Lipinski definition) is 0. The summed E-state index contributed by atoms with van der Waals surface area (Å²) < 4.78 is 40.8. The highest BCUT2D eigenvalue weighted by molar-refractivity contribution is 5.81. The van der Waals surface area contributed by atoms with Gasteiger partial charge in [0, 0.05) is 18.6 Å². The largest absolute Gasteiger partial charge is 0.418 e. The second kappa shape index (κ2) is 7.39. The zero-order chi connectivity index (χ0) is 18.9. The molecule has 7 heteroatoms. The highest BCUT2D eigenvalue weighted by atomic mass is 19.4. The number of rotatable bonds is 4. The van der Waals surface area contributed by atoms with Gasteiger partial charge in [-0.2, -0.15) is 13.2 Å². The molecular formula is C19H24F3N3O. The Morgan fingerprint density at radius 3 is 2.73 bits per heavy atom. The highest BCUT2D eigenvalue weighted by Crippen LogP contribution is 2.32. The van der Waals surface area contributed by atoms with Crippen LogP contribution in [0, 0.1) is 0 Å². The lowest BCUT2D eigenvalue weighted by atomic mass is 9.97. The SMILES string of the molecule is CC(C)N1CCCCC1CCn1cnc2c(C(F)(F)F)cccc2c1=O. The Hall–Kier alpha value is -1.89. The molecule has 0 bridgehead atoms. The van der Waals surface area contributed by atoms with E-state index in [4.69, 9.17) is 0 Å². The number of hydrogen-bond acceptors (Lipinski definition) is 3. The van der Waals surface area contributed by atoms with Gasteiger partial charge in [0.2, 0.25) is 0 Å². The first-order valence-electron chi connectivity index (χ1n) is 9.10. The number of alkyl halides is 3. The molecule has 1 aliphatic heterocycles. The molecule has 1 aromatic carbocycles. The number of benzene rings is 1. The van der Waals surface area contributed by atoms with Crippen LogP contribution in [0.1, 0.15) is 45.1 Å². The number of halogens is 3. The van der Waals surface area contributed by atoms with Crippen LogP contribution in [0.25, 0.3) is 10.9 Å². The molecule has 1 saturated heterocycles. The Labute approximate surface area is 150 Å². The van der Waals surface area contributed by atoms with E-state index in [9.17, 15) is 18.0 Å². The van der Waals surface area contributed by atoms with Gasteiger partial charge in [0.1, 0.15) is 0 Å². The first-order valence-corrected chi connectivity index (χ1v) is 9.10. The maximum atomic E-state index is 13.1. The molecule has 1 atom stereocenters. The third kappa shape index (κ3) is 3.77. The number of piperidine rings is 1. The van der Waals surface area contributed by atoms with Crippen molar-refractivity contribution in [3.8, 4) is 0 Å². The third-order valence-corrected chi connectivity index (χ3v) is 5.20. The number of fused-ring (bicyclic) bond motifs is 1. The molecule has 142 valence electrons. The first-order chi connectivity index (χ1) is 12.3. The van der Waals surface area contributed by atoms with Gasteiger partial charge in [-0.3, -0.25) is 14.3 Å². The molecule has 2 aromatic rings. The number of likely N-dealkylation sites (tertiary alicyclic amines) is 1. The monoisotopic (exact) mass is 367 g/mol. The fraction of sp³-hybridized carbons (Fsp3) is 0.579. The van der Waals surface area contributed by atoms with Crippen molar-refractivity contribution in [3.05, 3.63) is 40.4 Å². The van der Waals surface area contributed by atoms with E-state index in [1.807, 2.05) is 0 Å². The number of aromatic nitrogens is 2. The van der Waals surface area contributed by atoms with E-state index in [0.29, 0.717) is 18.6 Å². The van der Waals surface area contributed by atoms with Gasteiger partial charge in [0.05, 0.1) is 22.8 Å². The predicted octanol–water partition coefficient (Wildman–Crippen LogP) is 4.07. The van der Waals surface area contributed by atoms with Crippen LogP contribution in [0.4, 0.5) is 13.2 Å². The van der Waals surface area contributed by atoms with Gasteiger partial charge >= 0.3 is 6.18 Å². The van der Waals surface area contributed by atoms with Gasteiger partial charge in [0.15, 0.2) is 0 Å². The zero-order valence-electron chi connectivity index (χ0n) is 15.1. The molecule has 0 aliphatic carbocycles. The molecule has 0 amide bonds. The van der Waals surface area contributed by atoms with Gasteiger partial charge < -0.3 is 0 Å². The van der Waals surface area contributed by atoms with Crippen LogP contribution in [0.15, 0.2) is 29.3 Å². The Morgan fingerprint density at radius 1 is 1.27 bits per heavy atom. The van der Waals surface area contributed by atoms with E-state index in [2.05, 4.69) is 23.7 Å². The van der Waals surface area contributed by atoms with Crippen LogP contribution < -0.4 is 5.56 Å². The van der Waals surface area contributed by atoms with Crippen LogP contribution >= 0.6 is 0 Å². The minimum Gasteiger partial charge on any atom is -0.299 e. The van der Waals surface area contributed by atoms with E-state index in [1.165, 1.54) is 35.9 Å². The van der Waals surface area contributed by atoms with Crippen molar-refractivity contribution in [2.45, 2.75) is 64.3 Å². The molecule has 1 fully saturated rings. The fourth-order valence-corrected chi connectivity index (χ4v) is 3.88. The molecule has 0 spiro atoms. The summed E-state index contributed by atoms with van der Waals surface area (Å²) in [6.07, 6.45) is 0.976. The quantitative estimate of drug-likeness (QED) is 0.818. The minimum atomic E-state index is -4.52. The van der Waals surface area contributed by atoms with Crippen LogP contribution in [0.5, 0.6) is 0 Å². The molecule has 1 aromatic heterocycles. The van der Waals surface area contributed by atoms with Crippen molar-refractivity contribution < 1.29 is 13.2 Å². The van der Waals surface area contributed by atoms with Crippen molar-refractivity contribution in [1.29, 1.82) is 0 Å². The lowest BCUT2D eigenvalue weighted by molar-refractivity contribution is -0.136. The average molecular weight is 367 g/mol. The van der Waals surface area contributed by atoms with E-state index in [1.54, 1.807) is 0 Å². The zero-order valence-corrected chi connectivity index (χ0v) is 15.1.